The number of hydrogen-bond donors (Lipinski definition) is 0. The van der Waals surface area contributed by atoms with Crippen LogP contribution in [0.1, 0.15) is 53.0 Å². The Morgan fingerprint density at radius 1 is 0.967 bits per heavy atom. The highest BCUT2D eigenvalue weighted by Gasteiger charge is 2.53. The van der Waals surface area contributed by atoms with Gasteiger partial charge in [-0.1, -0.05) is 48.0 Å². The van der Waals surface area contributed by atoms with E-state index in [9.17, 15) is 0 Å². The van der Waals surface area contributed by atoms with Crippen molar-refractivity contribution in [3.05, 3.63) is 99.8 Å². The van der Waals surface area contributed by atoms with E-state index in [4.69, 9.17) is 11.6 Å². The molecule has 30 heavy (non-hydrogen) atoms. The number of hydrogen-bond acceptors (Lipinski definition) is 2. The first-order valence-electron chi connectivity index (χ1n) is 11.2. The Hall–Kier alpha value is -2.16. The van der Waals surface area contributed by atoms with Crippen LogP contribution in [0.25, 0.3) is 0 Å². The molecule has 0 amide bonds. The standard InChI is InChI=1S/C27H27ClN2/c28-21-7-8-23-24-16-27(26(23)15-21,25-6-2-1-5-22(24)25)18-30-12-9-19(10-13-30)14-20-4-3-11-29-17-20/h1-8,11,15,17,19,24H,9-10,12-14,16,18H2/t24-,27+/m1/s1. The van der Waals surface area contributed by atoms with Gasteiger partial charge >= 0.3 is 0 Å². The third-order valence-corrected chi connectivity index (χ3v) is 7.99. The van der Waals surface area contributed by atoms with E-state index >= 15 is 0 Å². The highest BCUT2D eigenvalue weighted by molar-refractivity contribution is 6.30. The molecule has 152 valence electrons. The summed E-state index contributed by atoms with van der Waals surface area (Å²) in [5.74, 6) is 1.31. The summed E-state index contributed by atoms with van der Waals surface area (Å²) >= 11 is 6.47. The van der Waals surface area contributed by atoms with Crippen LogP contribution in [0.3, 0.4) is 0 Å². The predicted molar refractivity (Wildman–Crippen MR) is 122 cm³/mol. The maximum atomic E-state index is 6.47. The van der Waals surface area contributed by atoms with E-state index in [0.29, 0.717) is 5.92 Å². The van der Waals surface area contributed by atoms with Crippen molar-refractivity contribution < 1.29 is 0 Å². The summed E-state index contributed by atoms with van der Waals surface area (Å²) in [4.78, 5) is 7.00. The second-order valence-electron chi connectivity index (χ2n) is 9.44. The molecule has 2 heterocycles. The van der Waals surface area contributed by atoms with Gasteiger partial charge in [0.2, 0.25) is 0 Å². The van der Waals surface area contributed by atoms with Crippen molar-refractivity contribution in [2.45, 2.75) is 37.0 Å². The summed E-state index contributed by atoms with van der Waals surface area (Å²) in [7, 11) is 0. The highest BCUT2D eigenvalue weighted by atomic mass is 35.5. The van der Waals surface area contributed by atoms with Gasteiger partial charge in [0.1, 0.15) is 0 Å². The number of rotatable bonds is 4. The molecule has 2 nitrogen and oxygen atoms in total. The summed E-state index contributed by atoms with van der Waals surface area (Å²) in [6.45, 7) is 3.50. The van der Waals surface area contributed by atoms with Crippen molar-refractivity contribution in [3.8, 4) is 0 Å². The number of halogens is 1. The van der Waals surface area contributed by atoms with Gasteiger partial charge in [-0.3, -0.25) is 4.98 Å². The summed E-state index contributed by atoms with van der Waals surface area (Å²) in [6.07, 6.45) is 8.81. The molecule has 0 N–H and O–H groups in total. The van der Waals surface area contributed by atoms with Crippen molar-refractivity contribution in [1.29, 1.82) is 0 Å². The van der Waals surface area contributed by atoms with Gasteiger partial charge in [-0.2, -0.15) is 0 Å². The second kappa shape index (κ2) is 7.21. The molecule has 3 heteroatoms. The smallest absolute Gasteiger partial charge is 0.0409 e. The van der Waals surface area contributed by atoms with Crippen LogP contribution in [0.15, 0.2) is 67.0 Å². The Bertz CT molecular complexity index is 1070. The summed E-state index contributed by atoms with van der Waals surface area (Å²) < 4.78 is 0. The van der Waals surface area contributed by atoms with E-state index in [0.717, 1.165) is 23.9 Å². The predicted octanol–water partition coefficient (Wildman–Crippen LogP) is 5.82. The van der Waals surface area contributed by atoms with Crippen LogP contribution in [0, 0.1) is 5.92 Å². The lowest BCUT2D eigenvalue weighted by Crippen LogP contribution is -2.44. The molecule has 2 aromatic carbocycles. The Morgan fingerprint density at radius 3 is 2.63 bits per heavy atom. The fraction of sp³-hybridized carbons (Fsp3) is 0.370. The van der Waals surface area contributed by atoms with Crippen LogP contribution in [0.2, 0.25) is 5.02 Å². The van der Waals surface area contributed by atoms with Crippen LogP contribution in [-0.2, 0) is 11.8 Å². The van der Waals surface area contributed by atoms with E-state index < -0.39 is 0 Å². The molecule has 2 atom stereocenters. The highest BCUT2D eigenvalue weighted by Crippen LogP contribution is 2.60. The number of fused-ring (bicyclic) bond motifs is 8. The van der Waals surface area contributed by atoms with Crippen molar-refractivity contribution >= 4 is 11.6 Å². The molecular formula is C27H27ClN2. The Balaban J connectivity index is 1.24. The number of piperidine rings is 1. The van der Waals surface area contributed by atoms with Gasteiger partial charge in [0.15, 0.2) is 0 Å². The number of pyridine rings is 1. The number of likely N-dealkylation sites (tertiary alicyclic amines) is 1. The number of benzene rings is 2. The minimum absolute atomic E-state index is 0.109. The van der Waals surface area contributed by atoms with Crippen molar-refractivity contribution in [2.24, 2.45) is 5.92 Å². The largest absolute Gasteiger partial charge is 0.302 e. The first kappa shape index (κ1) is 18.6. The Labute approximate surface area is 183 Å². The first-order valence-corrected chi connectivity index (χ1v) is 11.6. The molecule has 3 aromatic rings. The minimum atomic E-state index is 0.109. The van der Waals surface area contributed by atoms with Gasteiger partial charge in [0.05, 0.1) is 0 Å². The Morgan fingerprint density at radius 2 is 1.80 bits per heavy atom. The van der Waals surface area contributed by atoms with E-state index in [1.54, 1.807) is 11.1 Å². The SMILES string of the molecule is Clc1ccc2c(c1)[C@]1(CN3CCC(Cc4cccnc4)CC3)C[C@@H]2c2ccccc21. The van der Waals surface area contributed by atoms with E-state index in [1.807, 2.05) is 12.4 Å². The third kappa shape index (κ3) is 2.92. The minimum Gasteiger partial charge on any atom is -0.302 e. The van der Waals surface area contributed by atoms with Crippen LogP contribution >= 0.6 is 11.6 Å². The van der Waals surface area contributed by atoms with Crippen molar-refractivity contribution in [3.63, 3.8) is 0 Å². The third-order valence-electron chi connectivity index (χ3n) is 7.76. The second-order valence-corrected chi connectivity index (χ2v) is 9.88. The monoisotopic (exact) mass is 414 g/mol. The molecule has 2 aliphatic carbocycles. The molecule has 0 spiro atoms. The van der Waals surface area contributed by atoms with Crippen molar-refractivity contribution in [1.82, 2.24) is 9.88 Å². The summed E-state index contributed by atoms with van der Waals surface area (Å²) in [5, 5.41) is 0.869. The van der Waals surface area contributed by atoms with Crippen molar-refractivity contribution in [2.75, 3.05) is 19.6 Å². The van der Waals surface area contributed by atoms with Crippen LogP contribution in [-0.4, -0.2) is 29.5 Å². The fourth-order valence-electron chi connectivity index (χ4n) is 6.40. The van der Waals surface area contributed by atoms with Crippen LogP contribution < -0.4 is 0 Å². The summed E-state index contributed by atoms with van der Waals surface area (Å²) in [5.41, 5.74) is 7.56. The molecule has 1 aliphatic heterocycles. The first-order chi connectivity index (χ1) is 14.7. The van der Waals surface area contributed by atoms with Gasteiger partial charge in [-0.05, 0) is 90.7 Å². The number of aromatic nitrogens is 1. The van der Waals surface area contributed by atoms with Crippen LogP contribution in [0.4, 0.5) is 0 Å². The maximum Gasteiger partial charge on any atom is 0.0409 e. The molecule has 0 unspecified atom stereocenters. The van der Waals surface area contributed by atoms with Gasteiger partial charge in [0.25, 0.3) is 0 Å². The Kier molecular flexibility index (Phi) is 4.47. The maximum absolute atomic E-state index is 6.47. The van der Waals surface area contributed by atoms with E-state index in [1.165, 1.54) is 49.0 Å². The average molecular weight is 415 g/mol. The topological polar surface area (TPSA) is 16.1 Å². The quantitative estimate of drug-likeness (QED) is 0.534. The van der Waals surface area contributed by atoms with Gasteiger partial charge in [-0.15, -0.1) is 0 Å². The lowest BCUT2D eigenvalue weighted by Gasteiger charge is -2.40. The normalized spacial score (nSPS) is 25.3. The molecule has 6 rings (SSSR count). The van der Waals surface area contributed by atoms with E-state index in [-0.39, 0.29) is 5.41 Å². The van der Waals surface area contributed by atoms with Gasteiger partial charge in [-0.25, -0.2) is 0 Å². The van der Waals surface area contributed by atoms with E-state index in [2.05, 4.69) is 64.5 Å². The van der Waals surface area contributed by atoms with Gasteiger partial charge < -0.3 is 4.90 Å². The molecule has 1 aromatic heterocycles. The molecule has 1 fully saturated rings. The number of nitrogens with zero attached hydrogens (tertiary/aromatic N) is 2. The zero-order valence-corrected chi connectivity index (χ0v) is 18.0. The lowest BCUT2D eigenvalue weighted by molar-refractivity contribution is 0.158. The molecule has 2 bridgehead atoms. The average Bonchev–Trinajstić information content (AvgIpc) is 3.27. The van der Waals surface area contributed by atoms with Crippen LogP contribution in [0.5, 0.6) is 0 Å². The summed E-state index contributed by atoms with van der Waals surface area (Å²) in [6, 6.07) is 20.0. The lowest BCUT2D eigenvalue weighted by atomic mass is 9.74. The molecule has 0 radical (unpaired) electrons. The molecule has 0 saturated carbocycles. The fourth-order valence-corrected chi connectivity index (χ4v) is 6.57. The molecule has 3 aliphatic rings. The molecule has 1 saturated heterocycles. The molecular weight excluding hydrogens is 388 g/mol. The van der Waals surface area contributed by atoms with Gasteiger partial charge in [0, 0.05) is 35.3 Å². The zero-order chi connectivity index (χ0) is 20.1. The zero-order valence-electron chi connectivity index (χ0n) is 17.2.